The van der Waals surface area contributed by atoms with E-state index in [4.69, 9.17) is 0 Å². The second-order valence-electron chi connectivity index (χ2n) is 6.29. The van der Waals surface area contributed by atoms with Gasteiger partial charge in [-0.25, -0.2) is 4.39 Å². The lowest BCUT2D eigenvalue weighted by Crippen LogP contribution is -2.37. The van der Waals surface area contributed by atoms with Crippen molar-refractivity contribution in [2.75, 3.05) is 13.1 Å². The lowest BCUT2D eigenvalue weighted by atomic mass is 10.2. The number of thiophene rings is 1. The monoisotopic (exact) mass is 447 g/mol. The van der Waals surface area contributed by atoms with E-state index in [2.05, 4.69) is 10.6 Å². The first-order valence-corrected chi connectivity index (χ1v) is 10.6. The van der Waals surface area contributed by atoms with Crippen LogP contribution in [0.25, 0.3) is 6.08 Å². The molecule has 10 heteroatoms. The van der Waals surface area contributed by atoms with E-state index >= 15 is 0 Å². The number of carbonyl (C=O) groups is 4. The Balaban J connectivity index is 1.54. The molecule has 1 aliphatic rings. The van der Waals surface area contributed by atoms with Crippen LogP contribution < -0.4 is 10.6 Å². The van der Waals surface area contributed by atoms with Crippen molar-refractivity contribution >= 4 is 52.1 Å². The van der Waals surface area contributed by atoms with Gasteiger partial charge in [0.25, 0.3) is 17.1 Å². The zero-order chi connectivity index (χ0) is 21.7. The summed E-state index contributed by atoms with van der Waals surface area (Å²) in [5.74, 6) is -1.49. The molecule has 0 atom stereocenters. The topological polar surface area (TPSA) is 95.6 Å². The number of carbonyl (C=O) groups excluding carboxylic acids is 4. The van der Waals surface area contributed by atoms with Gasteiger partial charge < -0.3 is 10.6 Å². The number of amides is 4. The van der Waals surface area contributed by atoms with Crippen molar-refractivity contribution in [1.29, 1.82) is 0 Å². The maximum Gasteiger partial charge on any atom is 0.293 e. The van der Waals surface area contributed by atoms with Crippen molar-refractivity contribution in [2.45, 2.75) is 13.5 Å². The maximum atomic E-state index is 13.8. The van der Waals surface area contributed by atoms with Gasteiger partial charge in [0.05, 0.1) is 16.3 Å². The highest BCUT2D eigenvalue weighted by Crippen LogP contribution is 2.32. The fraction of sp³-hybridized carbons (Fsp3) is 0.200. The Morgan fingerprint density at radius 1 is 1.13 bits per heavy atom. The zero-order valence-electron chi connectivity index (χ0n) is 15.9. The first-order chi connectivity index (χ1) is 14.3. The molecular formula is C20H18FN3O4S2. The SMILES string of the molecule is CC(=O)NCc1ccc(C(=O)NCCN2C(=O)S/C(=C\c3ccccc3F)C2=O)s1. The van der Waals surface area contributed by atoms with Crippen molar-refractivity contribution in [3.05, 3.63) is 62.4 Å². The van der Waals surface area contributed by atoms with E-state index in [0.717, 1.165) is 21.5 Å². The quantitative estimate of drug-likeness (QED) is 0.637. The highest BCUT2D eigenvalue weighted by atomic mass is 32.2. The Morgan fingerprint density at radius 2 is 1.90 bits per heavy atom. The van der Waals surface area contributed by atoms with Gasteiger partial charge in [0.1, 0.15) is 5.82 Å². The van der Waals surface area contributed by atoms with E-state index < -0.39 is 17.0 Å². The number of thioether (sulfide) groups is 1. The van der Waals surface area contributed by atoms with Crippen molar-refractivity contribution in [1.82, 2.24) is 15.5 Å². The van der Waals surface area contributed by atoms with Crippen LogP contribution in [0.4, 0.5) is 9.18 Å². The van der Waals surface area contributed by atoms with Crippen LogP contribution in [-0.4, -0.2) is 41.0 Å². The Bertz CT molecular complexity index is 1030. The smallest absolute Gasteiger partial charge is 0.293 e. The van der Waals surface area contributed by atoms with Crippen LogP contribution in [-0.2, 0) is 16.1 Å². The molecule has 0 radical (unpaired) electrons. The normalized spacial score (nSPS) is 15.0. The van der Waals surface area contributed by atoms with Gasteiger partial charge in [-0.15, -0.1) is 11.3 Å². The van der Waals surface area contributed by atoms with Crippen molar-refractivity contribution in [2.24, 2.45) is 0 Å². The van der Waals surface area contributed by atoms with Crippen molar-refractivity contribution in [3.8, 4) is 0 Å². The molecule has 1 aromatic heterocycles. The number of nitrogens with one attached hydrogen (secondary N) is 2. The van der Waals surface area contributed by atoms with E-state index in [1.807, 2.05) is 0 Å². The third kappa shape index (κ3) is 5.33. The van der Waals surface area contributed by atoms with Gasteiger partial charge in [-0.3, -0.25) is 24.1 Å². The number of nitrogens with zero attached hydrogens (tertiary/aromatic N) is 1. The lowest BCUT2D eigenvalue weighted by molar-refractivity contribution is -0.122. The van der Waals surface area contributed by atoms with E-state index in [1.165, 1.54) is 42.5 Å². The standard InChI is InChI=1S/C20H18FN3O4S2/c1-12(25)23-11-14-6-7-16(29-14)18(26)22-8-9-24-19(27)17(30-20(24)28)10-13-4-2-3-5-15(13)21/h2-7,10H,8-9,11H2,1H3,(H,22,26)(H,23,25)/b17-10-. The average Bonchev–Trinajstić information content (AvgIpc) is 3.28. The molecule has 0 bridgehead atoms. The molecule has 2 N–H and O–H groups in total. The molecule has 0 spiro atoms. The third-order valence-corrected chi connectivity index (χ3v) is 6.07. The van der Waals surface area contributed by atoms with Crippen LogP contribution in [0, 0.1) is 5.82 Å². The van der Waals surface area contributed by atoms with Gasteiger partial charge in [-0.05, 0) is 36.0 Å². The van der Waals surface area contributed by atoms with Crippen LogP contribution in [0.1, 0.15) is 27.0 Å². The minimum atomic E-state index is -0.517. The van der Waals surface area contributed by atoms with Crippen LogP contribution in [0.5, 0.6) is 0 Å². The molecule has 156 valence electrons. The summed E-state index contributed by atoms with van der Waals surface area (Å²) in [5.41, 5.74) is 0.226. The summed E-state index contributed by atoms with van der Waals surface area (Å²) in [6.07, 6.45) is 1.35. The number of imide groups is 1. The molecular weight excluding hydrogens is 429 g/mol. The summed E-state index contributed by atoms with van der Waals surface area (Å²) in [6.45, 7) is 1.85. The highest BCUT2D eigenvalue weighted by molar-refractivity contribution is 8.18. The molecule has 0 saturated carbocycles. The first kappa shape index (κ1) is 21.7. The van der Waals surface area contributed by atoms with E-state index in [-0.39, 0.29) is 35.4 Å². The molecule has 3 rings (SSSR count). The molecule has 0 aliphatic carbocycles. The molecule has 1 aliphatic heterocycles. The van der Waals surface area contributed by atoms with Gasteiger partial charge in [-0.2, -0.15) is 0 Å². The molecule has 1 saturated heterocycles. The summed E-state index contributed by atoms with van der Waals surface area (Å²) < 4.78 is 13.8. The second kappa shape index (κ2) is 9.68. The molecule has 2 aromatic rings. The molecule has 30 heavy (non-hydrogen) atoms. The number of hydrogen-bond donors (Lipinski definition) is 2. The Hall–Kier alpha value is -2.98. The Morgan fingerprint density at radius 3 is 2.63 bits per heavy atom. The molecule has 7 nitrogen and oxygen atoms in total. The minimum absolute atomic E-state index is 0.00907. The predicted molar refractivity (Wildman–Crippen MR) is 113 cm³/mol. The molecule has 0 unspecified atom stereocenters. The number of halogens is 1. The summed E-state index contributed by atoms with van der Waals surface area (Å²) in [5, 5.41) is 4.86. The number of rotatable bonds is 7. The summed E-state index contributed by atoms with van der Waals surface area (Å²) >= 11 is 1.99. The molecule has 2 heterocycles. The largest absolute Gasteiger partial charge is 0.351 e. The molecule has 1 aromatic carbocycles. The van der Waals surface area contributed by atoms with Gasteiger partial charge in [0, 0.05) is 30.5 Å². The molecule has 4 amide bonds. The van der Waals surface area contributed by atoms with Crippen LogP contribution in [0.2, 0.25) is 0 Å². The van der Waals surface area contributed by atoms with Gasteiger partial charge in [-0.1, -0.05) is 18.2 Å². The first-order valence-electron chi connectivity index (χ1n) is 8.96. The fourth-order valence-electron chi connectivity index (χ4n) is 2.60. The fourth-order valence-corrected chi connectivity index (χ4v) is 4.32. The van der Waals surface area contributed by atoms with Crippen LogP contribution >= 0.6 is 23.1 Å². The van der Waals surface area contributed by atoms with Gasteiger partial charge >= 0.3 is 0 Å². The Labute approximate surface area is 180 Å². The lowest BCUT2D eigenvalue weighted by Gasteiger charge is -2.12. The van der Waals surface area contributed by atoms with Crippen LogP contribution in [0.3, 0.4) is 0 Å². The third-order valence-electron chi connectivity index (χ3n) is 4.08. The van der Waals surface area contributed by atoms with E-state index in [0.29, 0.717) is 11.4 Å². The van der Waals surface area contributed by atoms with Gasteiger partial charge in [0.15, 0.2) is 0 Å². The maximum absolute atomic E-state index is 13.8. The summed E-state index contributed by atoms with van der Waals surface area (Å²) in [4.78, 5) is 50.2. The Kier molecular flexibility index (Phi) is 7.01. The second-order valence-corrected chi connectivity index (χ2v) is 8.45. The predicted octanol–water partition coefficient (Wildman–Crippen LogP) is 2.99. The highest BCUT2D eigenvalue weighted by Gasteiger charge is 2.34. The zero-order valence-corrected chi connectivity index (χ0v) is 17.6. The van der Waals surface area contributed by atoms with Crippen molar-refractivity contribution in [3.63, 3.8) is 0 Å². The number of hydrogen-bond acceptors (Lipinski definition) is 6. The van der Waals surface area contributed by atoms with E-state index in [9.17, 15) is 23.6 Å². The minimum Gasteiger partial charge on any atom is -0.351 e. The van der Waals surface area contributed by atoms with Crippen LogP contribution in [0.15, 0.2) is 41.3 Å². The summed E-state index contributed by atoms with van der Waals surface area (Å²) in [7, 11) is 0. The molecule has 1 fully saturated rings. The van der Waals surface area contributed by atoms with Crippen molar-refractivity contribution < 1.29 is 23.6 Å². The van der Waals surface area contributed by atoms with E-state index in [1.54, 1.807) is 18.2 Å². The average molecular weight is 448 g/mol. The van der Waals surface area contributed by atoms with Gasteiger partial charge in [0.2, 0.25) is 5.91 Å². The number of benzene rings is 1. The summed E-state index contributed by atoms with van der Waals surface area (Å²) in [6, 6.07) is 9.37.